The average molecular weight is 447 g/mol. The van der Waals surface area contributed by atoms with Crippen LogP contribution in [0.3, 0.4) is 0 Å². The van der Waals surface area contributed by atoms with E-state index in [0.29, 0.717) is 22.4 Å². The Balaban J connectivity index is 1.48. The van der Waals surface area contributed by atoms with Gasteiger partial charge in [-0.1, -0.05) is 25.8 Å². The largest absolute Gasteiger partial charge is 0.367 e. The number of aromatic nitrogens is 2. The number of benzene rings is 2. The first-order valence-corrected chi connectivity index (χ1v) is 11.6. The number of fused-ring (bicyclic) bond motifs is 1. The van der Waals surface area contributed by atoms with E-state index in [-0.39, 0.29) is 5.82 Å². The number of likely N-dealkylation sites (N-methyl/N-ethyl adjacent to an activating group) is 1. The van der Waals surface area contributed by atoms with Gasteiger partial charge in [0.05, 0.1) is 11.2 Å². The molecule has 1 aliphatic heterocycles. The Morgan fingerprint density at radius 1 is 1.09 bits per heavy atom. The number of nitrogens with zero attached hydrogens (tertiary/aromatic N) is 5. The molecule has 1 fully saturated rings. The zero-order chi connectivity index (χ0) is 23.2. The van der Waals surface area contributed by atoms with E-state index >= 15 is 4.39 Å². The predicted molar refractivity (Wildman–Crippen MR) is 134 cm³/mol. The molecular formula is C26H31FN6. The molecule has 4 rings (SSSR count). The van der Waals surface area contributed by atoms with Crippen LogP contribution in [0.25, 0.3) is 10.9 Å². The fourth-order valence-corrected chi connectivity index (χ4v) is 4.27. The highest BCUT2D eigenvalue weighted by atomic mass is 19.1. The lowest BCUT2D eigenvalue weighted by Crippen LogP contribution is -2.48. The zero-order valence-corrected chi connectivity index (χ0v) is 19.4. The fourth-order valence-electron chi connectivity index (χ4n) is 4.27. The quantitative estimate of drug-likeness (QED) is 0.529. The van der Waals surface area contributed by atoms with Crippen LogP contribution in [0.2, 0.25) is 0 Å². The summed E-state index contributed by atoms with van der Waals surface area (Å²) >= 11 is 0. The van der Waals surface area contributed by atoms with Gasteiger partial charge in [0.15, 0.2) is 0 Å². The van der Waals surface area contributed by atoms with E-state index in [1.165, 1.54) is 12.4 Å². The van der Waals surface area contributed by atoms with Gasteiger partial charge in [-0.2, -0.15) is 0 Å². The van der Waals surface area contributed by atoms with E-state index < -0.39 is 0 Å². The van der Waals surface area contributed by atoms with Crippen LogP contribution in [0.15, 0.2) is 42.7 Å². The first kappa shape index (κ1) is 23.0. The molecule has 33 heavy (non-hydrogen) atoms. The average Bonchev–Trinajstić information content (AvgIpc) is 2.85. The molecule has 172 valence electrons. The minimum atomic E-state index is -0.255. The summed E-state index contributed by atoms with van der Waals surface area (Å²) in [6.45, 7) is 12.1. The Morgan fingerprint density at radius 3 is 2.61 bits per heavy atom. The van der Waals surface area contributed by atoms with E-state index in [4.69, 9.17) is 6.42 Å². The highest BCUT2D eigenvalue weighted by Crippen LogP contribution is 2.30. The van der Waals surface area contributed by atoms with E-state index in [2.05, 4.69) is 49.8 Å². The normalized spacial score (nSPS) is 14.6. The van der Waals surface area contributed by atoms with Gasteiger partial charge in [0.25, 0.3) is 0 Å². The second-order valence-corrected chi connectivity index (χ2v) is 8.25. The van der Waals surface area contributed by atoms with E-state index in [1.807, 2.05) is 30.3 Å². The highest BCUT2D eigenvalue weighted by molar-refractivity contribution is 5.92. The van der Waals surface area contributed by atoms with Crippen LogP contribution < -0.4 is 10.2 Å². The summed E-state index contributed by atoms with van der Waals surface area (Å²) in [7, 11) is 0. The third-order valence-corrected chi connectivity index (χ3v) is 6.34. The maximum absolute atomic E-state index is 15.2. The summed E-state index contributed by atoms with van der Waals surface area (Å²) in [6, 6.07) is 10.9. The van der Waals surface area contributed by atoms with E-state index in [0.717, 1.165) is 63.6 Å². The molecule has 0 amide bonds. The van der Waals surface area contributed by atoms with Gasteiger partial charge < -0.3 is 15.1 Å². The van der Waals surface area contributed by atoms with Crippen LogP contribution in [0.5, 0.6) is 0 Å². The van der Waals surface area contributed by atoms with Gasteiger partial charge in [0, 0.05) is 55.9 Å². The molecule has 0 unspecified atom stereocenters. The molecule has 0 radical (unpaired) electrons. The minimum Gasteiger partial charge on any atom is -0.367 e. The van der Waals surface area contributed by atoms with E-state index in [1.54, 1.807) is 0 Å². The van der Waals surface area contributed by atoms with Crippen LogP contribution in [0.1, 0.15) is 19.4 Å². The molecule has 1 aromatic heterocycles. The molecule has 1 N–H and O–H groups in total. The van der Waals surface area contributed by atoms with Crippen molar-refractivity contribution in [2.45, 2.75) is 13.8 Å². The lowest BCUT2D eigenvalue weighted by molar-refractivity contribution is 0.205. The maximum atomic E-state index is 15.2. The maximum Gasteiger partial charge on any atom is 0.147 e. The molecule has 1 saturated heterocycles. The van der Waals surface area contributed by atoms with Crippen molar-refractivity contribution in [3.05, 3.63) is 54.1 Å². The Kier molecular flexibility index (Phi) is 7.38. The number of hydrogen-bond donors (Lipinski definition) is 1. The number of piperazine rings is 1. The molecule has 0 saturated carbocycles. The second kappa shape index (κ2) is 10.6. The van der Waals surface area contributed by atoms with Gasteiger partial charge in [0.2, 0.25) is 0 Å². The third kappa shape index (κ3) is 5.41. The van der Waals surface area contributed by atoms with Crippen molar-refractivity contribution in [2.75, 3.05) is 62.6 Å². The molecule has 0 atom stereocenters. The summed E-state index contributed by atoms with van der Waals surface area (Å²) in [4.78, 5) is 15.8. The summed E-state index contributed by atoms with van der Waals surface area (Å²) in [5.74, 6) is 2.92. The van der Waals surface area contributed by atoms with Crippen molar-refractivity contribution in [3.8, 4) is 12.3 Å². The molecule has 0 spiro atoms. The summed E-state index contributed by atoms with van der Waals surface area (Å²) in [5.41, 5.74) is 2.88. The topological polar surface area (TPSA) is 47.5 Å². The first-order chi connectivity index (χ1) is 16.1. The van der Waals surface area contributed by atoms with Crippen molar-refractivity contribution >= 4 is 28.1 Å². The van der Waals surface area contributed by atoms with Gasteiger partial charge in [-0.15, -0.1) is 6.42 Å². The van der Waals surface area contributed by atoms with Gasteiger partial charge >= 0.3 is 0 Å². The monoisotopic (exact) mass is 446 g/mol. The van der Waals surface area contributed by atoms with Crippen molar-refractivity contribution in [1.82, 2.24) is 19.8 Å². The number of nitrogens with one attached hydrogen (secondary N) is 1. The lowest BCUT2D eigenvalue weighted by atomic mass is 10.1. The number of rotatable bonds is 8. The fraction of sp³-hybridized carbons (Fsp3) is 0.385. The van der Waals surface area contributed by atoms with Crippen LogP contribution in [-0.2, 0) is 0 Å². The molecule has 0 bridgehead atoms. The Hall–Kier alpha value is -3.21. The summed E-state index contributed by atoms with van der Waals surface area (Å²) in [5, 5.41) is 3.89. The minimum absolute atomic E-state index is 0.255. The number of terminal acetylenes is 1. The van der Waals surface area contributed by atoms with Crippen LogP contribution in [0, 0.1) is 18.2 Å². The van der Waals surface area contributed by atoms with Gasteiger partial charge in [-0.25, -0.2) is 14.4 Å². The lowest BCUT2D eigenvalue weighted by Gasteiger charge is -2.37. The standard InChI is InChI=1S/C26H31FN6/c1-4-20-8-7-9-21(16-20)30-26-22-17-23(27)25(18-24(22)28-19-29-26)33-14-12-32(13-15-33)11-10-31(5-2)6-3/h1,7-9,16-19H,5-6,10-15H2,2-3H3,(H,28,29,30). The van der Waals surface area contributed by atoms with Gasteiger partial charge in [-0.05, 0) is 43.4 Å². The molecule has 1 aliphatic rings. The van der Waals surface area contributed by atoms with Crippen LogP contribution in [0.4, 0.5) is 21.6 Å². The summed E-state index contributed by atoms with van der Waals surface area (Å²) < 4.78 is 15.2. The zero-order valence-electron chi connectivity index (χ0n) is 19.4. The number of halogens is 1. The second-order valence-electron chi connectivity index (χ2n) is 8.25. The third-order valence-electron chi connectivity index (χ3n) is 6.34. The van der Waals surface area contributed by atoms with E-state index in [9.17, 15) is 0 Å². The van der Waals surface area contributed by atoms with Crippen molar-refractivity contribution in [2.24, 2.45) is 0 Å². The predicted octanol–water partition coefficient (Wildman–Crippen LogP) is 3.96. The molecular weight excluding hydrogens is 415 g/mol. The van der Waals surface area contributed by atoms with Crippen LogP contribution in [-0.4, -0.2) is 72.1 Å². The van der Waals surface area contributed by atoms with Crippen molar-refractivity contribution < 1.29 is 4.39 Å². The van der Waals surface area contributed by atoms with Gasteiger partial charge in [0.1, 0.15) is 18.0 Å². The molecule has 2 aromatic carbocycles. The SMILES string of the molecule is C#Cc1cccc(Nc2ncnc3cc(N4CCN(CCN(CC)CC)CC4)c(F)cc23)c1. The summed E-state index contributed by atoms with van der Waals surface area (Å²) in [6.07, 6.45) is 7.00. The van der Waals surface area contributed by atoms with Crippen molar-refractivity contribution in [1.29, 1.82) is 0 Å². The number of anilines is 3. The Bertz CT molecular complexity index is 1130. The molecule has 2 heterocycles. The Labute approximate surface area is 195 Å². The number of hydrogen-bond acceptors (Lipinski definition) is 6. The smallest absolute Gasteiger partial charge is 0.147 e. The Morgan fingerprint density at radius 2 is 1.88 bits per heavy atom. The molecule has 0 aliphatic carbocycles. The first-order valence-electron chi connectivity index (χ1n) is 11.6. The van der Waals surface area contributed by atoms with Crippen molar-refractivity contribution in [3.63, 3.8) is 0 Å². The van der Waals surface area contributed by atoms with Gasteiger partial charge in [-0.3, -0.25) is 4.90 Å². The molecule has 6 nitrogen and oxygen atoms in total. The molecule has 7 heteroatoms. The highest BCUT2D eigenvalue weighted by Gasteiger charge is 2.21. The van der Waals surface area contributed by atoms with Crippen LogP contribution >= 0.6 is 0 Å². The molecule has 3 aromatic rings.